The molecule has 0 aliphatic heterocycles. The van der Waals surface area contributed by atoms with E-state index in [1.165, 1.54) is 18.2 Å². The molecule has 0 aliphatic carbocycles. The predicted molar refractivity (Wildman–Crippen MR) is 96.1 cm³/mol. The molecule has 2 aromatic carbocycles. The zero-order chi connectivity index (χ0) is 17.3. The van der Waals surface area contributed by atoms with Crippen molar-refractivity contribution >= 4 is 50.7 Å². The number of anilines is 1. The Labute approximate surface area is 155 Å². The lowest BCUT2D eigenvalue weighted by molar-refractivity contribution is 0.102. The molecule has 24 heavy (non-hydrogen) atoms. The number of rotatable bonds is 3. The van der Waals surface area contributed by atoms with E-state index < -0.39 is 11.7 Å². The fourth-order valence-electron chi connectivity index (χ4n) is 2.05. The molecule has 3 aromatic rings. The Bertz CT molecular complexity index is 929. The summed E-state index contributed by atoms with van der Waals surface area (Å²) in [6.07, 6.45) is 0. The molecule has 122 valence electrons. The van der Waals surface area contributed by atoms with Crippen molar-refractivity contribution in [1.82, 2.24) is 10.2 Å². The van der Waals surface area contributed by atoms with Crippen LogP contribution in [-0.2, 0) is 0 Å². The summed E-state index contributed by atoms with van der Waals surface area (Å²) in [5.41, 5.74) is 1.37. The first-order valence-electron chi connectivity index (χ1n) is 6.71. The van der Waals surface area contributed by atoms with Crippen molar-refractivity contribution < 1.29 is 9.18 Å². The fourth-order valence-corrected chi connectivity index (χ4v) is 2.89. The Hall–Kier alpha value is -1.89. The van der Waals surface area contributed by atoms with Crippen molar-refractivity contribution in [2.24, 2.45) is 0 Å². The van der Waals surface area contributed by atoms with Crippen LogP contribution in [0.1, 0.15) is 10.5 Å². The monoisotopic (exact) mass is 427 g/mol. The second kappa shape index (κ2) is 6.93. The minimum atomic E-state index is -0.543. The molecule has 0 spiro atoms. The topological polar surface area (TPSA) is 57.8 Å². The number of carbonyl (C=O) groups is 1. The van der Waals surface area contributed by atoms with Crippen molar-refractivity contribution in [2.75, 3.05) is 5.32 Å². The minimum Gasteiger partial charge on any atom is -0.318 e. The molecule has 0 atom stereocenters. The van der Waals surface area contributed by atoms with E-state index in [0.717, 1.165) is 0 Å². The van der Waals surface area contributed by atoms with E-state index in [-0.39, 0.29) is 11.4 Å². The number of aromatic amines is 1. The molecule has 0 radical (unpaired) electrons. The van der Waals surface area contributed by atoms with E-state index in [1.807, 2.05) is 0 Å². The summed E-state index contributed by atoms with van der Waals surface area (Å²) in [6.45, 7) is 0. The van der Waals surface area contributed by atoms with E-state index in [2.05, 4.69) is 31.4 Å². The van der Waals surface area contributed by atoms with Crippen molar-refractivity contribution in [3.8, 4) is 11.3 Å². The highest BCUT2D eigenvalue weighted by Crippen LogP contribution is 2.29. The van der Waals surface area contributed by atoms with E-state index in [9.17, 15) is 9.18 Å². The van der Waals surface area contributed by atoms with Gasteiger partial charge in [0.25, 0.3) is 5.91 Å². The van der Waals surface area contributed by atoms with Crippen LogP contribution in [0, 0.1) is 5.82 Å². The van der Waals surface area contributed by atoms with Gasteiger partial charge >= 0.3 is 0 Å². The predicted octanol–water partition coefficient (Wildman–Crippen LogP) is 5.54. The molecular weight excluding hydrogens is 420 g/mol. The number of amides is 1. The molecular formula is C16H9BrCl2FN3O. The molecule has 0 saturated heterocycles. The summed E-state index contributed by atoms with van der Waals surface area (Å²) in [4.78, 5) is 12.2. The zero-order valence-corrected chi connectivity index (χ0v) is 15.0. The first-order chi connectivity index (χ1) is 11.4. The lowest BCUT2D eigenvalue weighted by Gasteiger charge is -2.05. The smallest absolute Gasteiger partial charge is 0.273 e. The van der Waals surface area contributed by atoms with Crippen LogP contribution in [0.15, 0.2) is 46.9 Å². The Balaban J connectivity index is 1.83. The average molecular weight is 429 g/mol. The first-order valence-corrected chi connectivity index (χ1v) is 8.26. The summed E-state index contributed by atoms with van der Waals surface area (Å²) < 4.78 is 14.4. The van der Waals surface area contributed by atoms with E-state index in [0.29, 0.717) is 25.8 Å². The highest BCUT2D eigenvalue weighted by atomic mass is 79.9. The van der Waals surface area contributed by atoms with E-state index >= 15 is 0 Å². The highest BCUT2D eigenvalue weighted by Gasteiger charge is 2.15. The number of H-pyrrole nitrogens is 1. The van der Waals surface area contributed by atoms with Gasteiger partial charge in [-0.2, -0.15) is 5.10 Å². The molecule has 8 heteroatoms. The summed E-state index contributed by atoms with van der Waals surface area (Å²) in [5.74, 6) is -1.06. The van der Waals surface area contributed by atoms with Crippen LogP contribution in [0.25, 0.3) is 11.3 Å². The standard InChI is InChI=1S/C16H9BrCl2FN3O/c17-8-1-4-13(12(20)5-8)21-16(24)15-7-14(22-23-15)10-3-2-9(18)6-11(10)19/h1-7H,(H,21,24)(H,22,23). The zero-order valence-electron chi connectivity index (χ0n) is 11.9. The summed E-state index contributed by atoms with van der Waals surface area (Å²) in [5, 5.41) is 10.1. The van der Waals surface area contributed by atoms with Gasteiger partial charge in [-0.05, 0) is 42.5 Å². The molecule has 3 rings (SSSR count). The third kappa shape index (κ3) is 3.61. The summed E-state index contributed by atoms with van der Waals surface area (Å²) in [7, 11) is 0. The number of hydrogen-bond acceptors (Lipinski definition) is 2. The van der Waals surface area contributed by atoms with Crippen LogP contribution in [0.4, 0.5) is 10.1 Å². The van der Waals surface area contributed by atoms with Gasteiger partial charge in [0.1, 0.15) is 11.5 Å². The van der Waals surface area contributed by atoms with Crippen LogP contribution in [0.2, 0.25) is 10.0 Å². The van der Waals surface area contributed by atoms with Crippen LogP contribution < -0.4 is 5.32 Å². The highest BCUT2D eigenvalue weighted by molar-refractivity contribution is 9.10. The molecule has 0 saturated carbocycles. The average Bonchev–Trinajstić information content (AvgIpc) is 3.00. The number of aromatic nitrogens is 2. The van der Waals surface area contributed by atoms with Crippen molar-refractivity contribution in [1.29, 1.82) is 0 Å². The number of benzene rings is 2. The SMILES string of the molecule is O=C(Nc1ccc(Br)cc1F)c1cc(-c2ccc(Cl)cc2Cl)n[nH]1. The van der Waals surface area contributed by atoms with Crippen LogP contribution in [0.5, 0.6) is 0 Å². The first kappa shape index (κ1) is 17.0. The van der Waals surface area contributed by atoms with Crippen molar-refractivity contribution in [3.63, 3.8) is 0 Å². The second-order valence-electron chi connectivity index (χ2n) is 4.87. The van der Waals surface area contributed by atoms with Gasteiger partial charge in [-0.25, -0.2) is 4.39 Å². The lowest BCUT2D eigenvalue weighted by atomic mass is 10.1. The van der Waals surface area contributed by atoms with Gasteiger partial charge in [-0.15, -0.1) is 0 Å². The Morgan fingerprint density at radius 3 is 2.67 bits per heavy atom. The second-order valence-corrected chi connectivity index (χ2v) is 6.63. The summed E-state index contributed by atoms with van der Waals surface area (Å²) >= 11 is 15.1. The fraction of sp³-hybridized carbons (Fsp3) is 0. The maximum Gasteiger partial charge on any atom is 0.273 e. The third-order valence-corrected chi connectivity index (χ3v) is 4.25. The van der Waals surface area contributed by atoms with Crippen LogP contribution in [0.3, 0.4) is 0 Å². The van der Waals surface area contributed by atoms with Crippen LogP contribution >= 0.6 is 39.1 Å². The van der Waals surface area contributed by atoms with Gasteiger partial charge in [-0.3, -0.25) is 9.89 Å². The van der Waals surface area contributed by atoms with E-state index in [1.54, 1.807) is 24.3 Å². The molecule has 1 amide bonds. The van der Waals surface area contributed by atoms with E-state index in [4.69, 9.17) is 23.2 Å². The normalized spacial score (nSPS) is 10.7. The van der Waals surface area contributed by atoms with Gasteiger partial charge in [0.05, 0.1) is 16.4 Å². The molecule has 4 nitrogen and oxygen atoms in total. The van der Waals surface area contributed by atoms with Gasteiger partial charge < -0.3 is 5.32 Å². The Kier molecular flexibility index (Phi) is 4.89. The maximum absolute atomic E-state index is 13.8. The largest absolute Gasteiger partial charge is 0.318 e. The van der Waals surface area contributed by atoms with Gasteiger partial charge in [0.15, 0.2) is 0 Å². The Morgan fingerprint density at radius 1 is 1.17 bits per heavy atom. The molecule has 0 aliphatic rings. The number of nitrogens with zero attached hydrogens (tertiary/aromatic N) is 1. The maximum atomic E-state index is 13.8. The third-order valence-electron chi connectivity index (χ3n) is 3.21. The number of halogens is 4. The number of nitrogens with one attached hydrogen (secondary N) is 2. The number of hydrogen-bond donors (Lipinski definition) is 2. The molecule has 0 bridgehead atoms. The quantitative estimate of drug-likeness (QED) is 0.575. The van der Waals surface area contributed by atoms with Crippen LogP contribution in [-0.4, -0.2) is 16.1 Å². The molecule has 1 heterocycles. The van der Waals surface area contributed by atoms with Crippen molar-refractivity contribution in [2.45, 2.75) is 0 Å². The molecule has 1 aromatic heterocycles. The number of carbonyl (C=O) groups excluding carboxylic acids is 1. The van der Waals surface area contributed by atoms with Crippen molar-refractivity contribution in [3.05, 3.63) is 68.5 Å². The summed E-state index contributed by atoms with van der Waals surface area (Å²) in [6, 6.07) is 10.9. The lowest BCUT2D eigenvalue weighted by Crippen LogP contribution is -2.13. The Morgan fingerprint density at radius 2 is 1.96 bits per heavy atom. The molecule has 0 fully saturated rings. The van der Waals surface area contributed by atoms with Gasteiger partial charge in [0.2, 0.25) is 0 Å². The minimum absolute atomic E-state index is 0.0730. The van der Waals surface area contributed by atoms with Gasteiger partial charge in [0, 0.05) is 15.1 Å². The molecule has 0 unspecified atom stereocenters. The van der Waals surface area contributed by atoms with Gasteiger partial charge in [-0.1, -0.05) is 39.1 Å². The molecule has 2 N–H and O–H groups in total.